The van der Waals surface area contributed by atoms with Crippen LogP contribution in [0.25, 0.3) is 11.0 Å². The molecule has 1 atom stereocenters. The van der Waals surface area contributed by atoms with Crippen molar-refractivity contribution in [3.05, 3.63) is 58.0 Å². The first-order valence-corrected chi connectivity index (χ1v) is 8.58. The van der Waals surface area contributed by atoms with Gasteiger partial charge < -0.3 is 8.98 Å². The predicted molar refractivity (Wildman–Crippen MR) is 92.7 cm³/mol. The maximum atomic E-state index is 12.9. The molecule has 0 aliphatic carbocycles. The van der Waals surface area contributed by atoms with E-state index in [-0.39, 0.29) is 5.56 Å². The van der Waals surface area contributed by atoms with E-state index in [0.29, 0.717) is 23.3 Å². The molecule has 26 heavy (non-hydrogen) atoms. The van der Waals surface area contributed by atoms with E-state index in [1.165, 1.54) is 6.07 Å². The number of nitriles is 1. The summed E-state index contributed by atoms with van der Waals surface area (Å²) in [5.74, 6) is -0.692. The molecule has 1 aliphatic rings. The van der Waals surface area contributed by atoms with E-state index >= 15 is 0 Å². The average Bonchev–Trinajstić information content (AvgIpc) is 2.89. The molecule has 0 N–H and O–H groups in total. The molecular weight excluding hydrogens is 332 g/mol. The molecule has 1 unspecified atom stereocenters. The van der Waals surface area contributed by atoms with Crippen molar-refractivity contribution < 1.29 is 9.21 Å². The van der Waals surface area contributed by atoms with Gasteiger partial charge in [0.25, 0.3) is 0 Å². The Labute approximate surface area is 148 Å². The fraction of sp³-hybridized carbons (Fsp3) is 0.316. The molecule has 0 spiro atoms. The molecule has 0 saturated carbocycles. The van der Waals surface area contributed by atoms with Crippen LogP contribution < -0.4 is 5.63 Å². The second-order valence-electron chi connectivity index (χ2n) is 6.35. The molecule has 0 bridgehead atoms. The van der Waals surface area contributed by atoms with Gasteiger partial charge in [-0.2, -0.15) is 5.26 Å². The number of para-hydroxylation sites is 1. The first kappa shape index (κ1) is 16.2. The zero-order chi connectivity index (χ0) is 18.1. The normalized spacial score (nSPS) is 15.0. The monoisotopic (exact) mass is 348 g/mol. The van der Waals surface area contributed by atoms with Crippen LogP contribution in [0.4, 0.5) is 0 Å². The van der Waals surface area contributed by atoms with E-state index in [2.05, 4.69) is 10.2 Å². The van der Waals surface area contributed by atoms with Crippen LogP contribution in [0.15, 0.2) is 39.5 Å². The lowest BCUT2D eigenvalue weighted by Gasteiger charge is -2.10. The van der Waals surface area contributed by atoms with Crippen LogP contribution in [0.3, 0.4) is 0 Å². The van der Waals surface area contributed by atoms with Crippen LogP contribution >= 0.6 is 0 Å². The number of carbonyl (C=O) groups excluding carboxylic acids is 1. The quantitative estimate of drug-likeness (QED) is 0.532. The number of hydrogen-bond acceptors (Lipinski definition) is 6. The summed E-state index contributed by atoms with van der Waals surface area (Å²) in [7, 11) is 0. The highest BCUT2D eigenvalue weighted by Gasteiger charge is 2.31. The number of rotatable bonds is 3. The highest BCUT2D eigenvalue weighted by Crippen LogP contribution is 2.23. The lowest BCUT2D eigenvalue weighted by Crippen LogP contribution is -2.22. The van der Waals surface area contributed by atoms with E-state index in [1.54, 1.807) is 24.3 Å². The van der Waals surface area contributed by atoms with Crippen molar-refractivity contribution in [2.75, 3.05) is 0 Å². The topological polar surface area (TPSA) is 102 Å². The minimum absolute atomic E-state index is 0.138. The molecule has 1 aliphatic heterocycles. The summed E-state index contributed by atoms with van der Waals surface area (Å²) in [6.45, 7) is 0.676. The van der Waals surface area contributed by atoms with Crippen LogP contribution in [0.1, 0.15) is 47.2 Å². The fourth-order valence-electron chi connectivity index (χ4n) is 3.34. The molecule has 3 aromatic rings. The van der Waals surface area contributed by atoms with Crippen LogP contribution in [0.2, 0.25) is 0 Å². The van der Waals surface area contributed by atoms with Gasteiger partial charge in [-0.1, -0.05) is 24.6 Å². The van der Waals surface area contributed by atoms with Gasteiger partial charge in [0.2, 0.25) is 0 Å². The number of fused-ring (bicyclic) bond motifs is 2. The zero-order valence-corrected chi connectivity index (χ0v) is 14.0. The Kier molecular flexibility index (Phi) is 4.09. The second kappa shape index (κ2) is 6.56. The standard InChI is InChI=1S/C19H16N4O3/c20-11-14(18-22-21-16-8-2-1-5-9-23(16)18)17(24)13-10-12-6-3-4-7-15(12)26-19(13)25/h3-4,6-7,10,14H,1-2,5,8-9H2. The SMILES string of the molecule is N#CC(C(=O)c1cc2ccccc2oc1=O)c1nnc2n1CCCCC2. The maximum absolute atomic E-state index is 12.9. The third-order valence-corrected chi connectivity index (χ3v) is 4.69. The van der Waals surface area contributed by atoms with Gasteiger partial charge in [0.05, 0.1) is 6.07 Å². The summed E-state index contributed by atoms with van der Waals surface area (Å²) in [4.78, 5) is 25.2. The number of hydrogen-bond donors (Lipinski definition) is 0. The Morgan fingerprint density at radius 1 is 1.23 bits per heavy atom. The van der Waals surface area contributed by atoms with Crippen molar-refractivity contribution in [2.24, 2.45) is 0 Å². The molecule has 130 valence electrons. The molecule has 0 saturated heterocycles. The second-order valence-corrected chi connectivity index (χ2v) is 6.35. The molecule has 7 heteroatoms. The Hall–Kier alpha value is -3.27. The average molecular weight is 348 g/mol. The predicted octanol–water partition coefficient (Wildman–Crippen LogP) is 2.60. The smallest absolute Gasteiger partial charge is 0.347 e. The van der Waals surface area contributed by atoms with Crippen LogP contribution in [-0.4, -0.2) is 20.5 Å². The van der Waals surface area contributed by atoms with E-state index in [9.17, 15) is 14.9 Å². The van der Waals surface area contributed by atoms with Crippen molar-refractivity contribution >= 4 is 16.8 Å². The van der Waals surface area contributed by atoms with Crippen molar-refractivity contribution in [2.45, 2.75) is 38.1 Å². The third kappa shape index (κ3) is 2.69. The lowest BCUT2D eigenvalue weighted by atomic mass is 9.98. The molecule has 4 rings (SSSR count). The number of ketones is 1. The Morgan fingerprint density at radius 2 is 2.08 bits per heavy atom. The number of benzene rings is 1. The molecule has 3 heterocycles. The largest absolute Gasteiger partial charge is 0.422 e. The molecule has 0 fully saturated rings. The number of Topliss-reactive ketones (excluding diaryl/α,β-unsaturated/α-hetero) is 1. The lowest BCUT2D eigenvalue weighted by molar-refractivity contribution is 0.0971. The van der Waals surface area contributed by atoms with Gasteiger partial charge in [-0.3, -0.25) is 4.79 Å². The Balaban J connectivity index is 1.78. The minimum Gasteiger partial charge on any atom is -0.422 e. The molecule has 7 nitrogen and oxygen atoms in total. The van der Waals surface area contributed by atoms with Crippen molar-refractivity contribution in [3.63, 3.8) is 0 Å². The van der Waals surface area contributed by atoms with Crippen molar-refractivity contribution in [1.29, 1.82) is 5.26 Å². The Bertz CT molecular complexity index is 1090. The van der Waals surface area contributed by atoms with Gasteiger partial charge in [-0.15, -0.1) is 10.2 Å². The number of nitrogens with zero attached hydrogens (tertiary/aromatic N) is 4. The van der Waals surface area contributed by atoms with Gasteiger partial charge >= 0.3 is 5.63 Å². The minimum atomic E-state index is -1.18. The number of aromatic nitrogens is 3. The van der Waals surface area contributed by atoms with Gasteiger partial charge in [-0.05, 0) is 25.0 Å². The summed E-state index contributed by atoms with van der Waals surface area (Å²) in [5, 5.41) is 18.5. The summed E-state index contributed by atoms with van der Waals surface area (Å²) in [6, 6.07) is 10.4. The highest BCUT2D eigenvalue weighted by molar-refractivity contribution is 6.03. The molecule has 0 amide bonds. The van der Waals surface area contributed by atoms with Crippen LogP contribution in [-0.2, 0) is 13.0 Å². The van der Waals surface area contributed by atoms with Crippen LogP contribution in [0, 0.1) is 11.3 Å². The van der Waals surface area contributed by atoms with Crippen molar-refractivity contribution in [1.82, 2.24) is 14.8 Å². The molecule has 1 aromatic carbocycles. The summed E-state index contributed by atoms with van der Waals surface area (Å²) in [6.07, 6.45) is 3.81. The zero-order valence-electron chi connectivity index (χ0n) is 14.0. The highest BCUT2D eigenvalue weighted by atomic mass is 16.4. The molecule has 0 radical (unpaired) electrons. The summed E-state index contributed by atoms with van der Waals surface area (Å²) >= 11 is 0. The summed E-state index contributed by atoms with van der Waals surface area (Å²) in [5.41, 5.74) is -0.482. The fourth-order valence-corrected chi connectivity index (χ4v) is 3.34. The van der Waals surface area contributed by atoms with Gasteiger partial charge in [-0.25, -0.2) is 4.79 Å². The first-order chi connectivity index (χ1) is 12.7. The third-order valence-electron chi connectivity index (χ3n) is 4.69. The maximum Gasteiger partial charge on any atom is 0.347 e. The van der Waals surface area contributed by atoms with E-state index in [1.807, 2.05) is 10.6 Å². The van der Waals surface area contributed by atoms with E-state index < -0.39 is 17.3 Å². The van der Waals surface area contributed by atoms with Gasteiger partial charge in [0.15, 0.2) is 17.5 Å². The van der Waals surface area contributed by atoms with E-state index in [4.69, 9.17) is 4.42 Å². The molecule has 2 aromatic heterocycles. The number of carbonyl (C=O) groups is 1. The number of aryl methyl sites for hydroxylation is 1. The van der Waals surface area contributed by atoms with Gasteiger partial charge in [0.1, 0.15) is 17.0 Å². The van der Waals surface area contributed by atoms with Crippen molar-refractivity contribution in [3.8, 4) is 6.07 Å². The Morgan fingerprint density at radius 3 is 2.92 bits per heavy atom. The van der Waals surface area contributed by atoms with E-state index in [0.717, 1.165) is 31.5 Å². The first-order valence-electron chi connectivity index (χ1n) is 8.58. The molecular formula is C19H16N4O3. The summed E-state index contributed by atoms with van der Waals surface area (Å²) < 4.78 is 7.08. The van der Waals surface area contributed by atoms with Gasteiger partial charge in [0, 0.05) is 18.4 Å². The van der Waals surface area contributed by atoms with Crippen LogP contribution in [0.5, 0.6) is 0 Å².